The first-order chi connectivity index (χ1) is 35.5. The van der Waals surface area contributed by atoms with Crippen molar-refractivity contribution in [3.63, 3.8) is 0 Å². The molecule has 17 N–H and O–H groups in total. The number of hydrogen-bond acceptors (Lipinski definition) is 22. The van der Waals surface area contributed by atoms with Crippen LogP contribution in [0.2, 0.25) is 0 Å². The molecule has 1 aliphatic carbocycles. The number of nitrogens with one attached hydrogen (secondary N) is 2. The average molecular weight is 1040 g/mol. The van der Waals surface area contributed by atoms with E-state index in [1.54, 1.807) is 18.2 Å². The molecule has 4 aromatic rings. The molecule has 2 aromatic heterocycles. The summed E-state index contributed by atoms with van der Waals surface area (Å²) >= 11 is 0. The normalized spacial score (nSPS) is 33.3. The molecule has 2 saturated heterocycles. The Kier molecular flexibility index (Phi) is 12.3. The van der Waals surface area contributed by atoms with Crippen LogP contribution >= 0.6 is 0 Å². The zero-order valence-electron chi connectivity index (χ0n) is 39.1. The number of esters is 1. The predicted molar refractivity (Wildman–Crippen MR) is 251 cm³/mol. The lowest BCUT2D eigenvalue weighted by molar-refractivity contribution is -0.432. The van der Waals surface area contributed by atoms with Crippen LogP contribution < -0.4 is 21.2 Å². The van der Waals surface area contributed by atoms with Crippen LogP contribution in [0.15, 0.2) is 81.3 Å². The zero-order valence-corrected chi connectivity index (χ0v) is 39.1. The Labute approximate surface area is 422 Å². The van der Waals surface area contributed by atoms with Gasteiger partial charge in [-0.25, -0.2) is 9.59 Å². The molecule has 2 spiro atoms. The van der Waals surface area contributed by atoms with E-state index in [4.69, 9.17) is 29.1 Å². The van der Waals surface area contributed by atoms with Crippen LogP contribution in [0.3, 0.4) is 0 Å². The number of hydrogen-bond donors (Lipinski definition) is 16. The van der Waals surface area contributed by atoms with Crippen molar-refractivity contribution >= 4 is 22.9 Å². The quantitative estimate of drug-likeness (QED) is 0.0292. The SMILES string of the molecule is NC1C=CC(C2C=C3Cc4[nH]ccc4C#CCC4(O)C(O)C(O)C3(Oc3cc5oc(-c6cc(O)c(O)c(CCO)c6)cc(=O)c5c(O)c32)OC42CC#CC3(C(=O)O)OC(CCCO)(OC2=O)C(O)C(O)C3(O)O)=CN1. The van der Waals surface area contributed by atoms with Gasteiger partial charge in [0.1, 0.15) is 46.0 Å². The minimum atomic E-state index is -3.99. The third kappa shape index (κ3) is 7.45. The molecule has 2 aromatic carbocycles. The van der Waals surface area contributed by atoms with Gasteiger partial charge in [0.25, 0.3) is 11.4 Å². The fraction of sp³-hybridized carbons (Fsp3) is 0.392. The fourth-order valence-corrected chi connectivity index (χ4v) is 10.7. The van der Waals surface area contributed by atoms with Gasteiger partial charge in [0.05, 0.1) is 12.6 Å². The van der Waals surface area contributed by atoms with Gasteiger partial charge in [0, 0.05) is 96.4 Å². The summed E-state index contributed by atoms with van der Waals surface area (Å²) in [6.45, 7) is -1.19. The van der Waals surface area contributed by atoms with Crippen LogP contribution in [0.5, 0.6) is 23.0 Å². The Bertz CT molecular complexity index is 3360. The van der Waals surface area contributed by atoms with Gasteiger partial charge in [-0.15, -0.1) is 0 Å². The van der Waals surface area contributed by atoms with E-state index < -0.39 is 167 Å². The first-order valence-corrected chi connectivity index (χ1v) is 23.4. The third-order valence-electron chi connectivity index (χ3n) is 14.7. The number of carbonyl (C=O) groups is 2. The topological polar surface area (TPSA) is 418 Å². The lowest BCUT2D eigenvalue weighted by atomic mass is 9.67. The molecule has 11 unspecified atom stereocenters. The highest BCUT2D eigenvalue weighted by molar-refractivity contribution is 5.90. The first-order valence-electron chi connectivity index (χ1n) is 23.4. The maximum atomic E-state index is 15.6. The standard InChI is InChI=1S/C51H49N3O21/c52-35-6-5-25(22-54-35)28-18-27-19-29-23(7-13-53-29)4-1-9-46(68)40(61)42(63)50(27,72-34-21-33-37(39(60)36(28)34)30(57)20-32(71-33)26-16-24(8-15-56)38(59)31(58)17-26)75-48(46)11-2-10-47(44(65)66)51(69,70)43(64)41(62)49(74-47,12-3-14-55)73-45(48)67/h5-7,13,16-18,20-22,28,35,40-43,53-56,58-64,68-70H,3,8-9,11-12,14-15,19,52H2,(H,65,66). The maximum Gasteiger partial charge on any atom is 0.354 e. The molecule has 0 amide bonds. The minimum Gasteiger partial charge on any atom is -0.507 e. The predicted octanol–water partition coefficient (Wildman–Crippen LogP) is -2.24. The van der Waals surface area contributed by atoms with Crippen molar-refractivity contribution in [1.82, 2.24) is 10.3 Å². The number of dihydropyridines is 1. The number of ether oxygens (including phenoxy) is 4. The van der Waals surface area contributed by atoms with E-state index in [1.165, 1.54) is 24.5 Å². The number of carboxylic acids is 1. The van der Waals surface area contributed by atoms with E-state index in [9.17, 15) is 76.0 Å². The van der Waals surface area contributed by atoms with E-state index in [0.29, 0.717) is 11.3 Å². The van der Waals surface area contributed by atoms with Crippen LogP contribution in [0.25, 0.3) is 22.3 Å². The Balaban J connectivity index is 1.27. The molecule has 0 radical (unpaired) electrons. The number of allylic oxidation sites excluding steroid dienone is 3. The number of aliphatic carboxylic acids is 1. The van der Waals surface area contributed by atoms with E-state index in [1.807, 2.05) is 5.92 Å². The van der Waals surface area contributed by atoms with Gasteiger partial charge in [-0.3, -0.25) is 4.79 Å². The van der Waals surface area contributed by atoms with Crippen LogP contribution in [0.4, 0.5) is 0 Å². The summed E-state index contributed by atoms with van der Waals surface area (Å²) in [6.07, 6.45) is -8.35. The van der Waals surface area contributed by atoms with E-state index in [0.717, 1.165) is 18.2 Å². The van der Waals surface area contributed by atoms with Crippen LogP contribution in [0, 0.1) is 23.7 Å². The van der Waals surface area contributed by atoms with Gasteiger partial charge in [-0.05, 0) is 48.6 Å². The number of phenolic OH excluding ortho intramolecular Hbond substituents is 3. The van der Waals surface area contributed by atoms with Crippen molar-refractivity contribution in [3.05, 3.63) is 105 Å². The number of carbonyl (C=O) groups excluding carboxylic acids is 1. The number of fused-ring (bicyclic) bond motifs is 6. The lowest BCUT2D eigenvalue weighted by Gasteiger charge is -2.58. The van der Waals surface area contributed by atoms with Crippen molar-refractivity contribution < 1.29 is 99.3 Å². The van der Waals surface area contributed by atoms with Gasteiger partial charge in [0.15, 0.2) is 29.1 Å². The number of aromatic amines is 1. The molecular formula is C51H49N3O21. The van der Waals surface area contributed by atoms with Gasteiger partial charge in [0.2, 0.25) is 17.2 Å². The monoisotopic (exact) mass is 1040 g/mol. The Morgan fingerprint density at radius 3 is 2.37 bits per heavy atom. The molecule has 394 valence electrons. The first kappa shape index (κ1) is 51.2. The summed E-state index contributed by atoms with van der Waals surface area (Å²) < 4.78 is 31.5. The van der Waals surface area contributed by atoms with Crippen molar-refractivity contribution in [2.45, 2.75) is 109 Å². The molecule has 75 heavy (non-hydrogen) atoms. The Morgan fingerprint density at radius 1 is 0.893 bits per heavy atom. The number of nitrogens with two attached hydrogens (primary N) is 1. The molecule has 2 fully saturated rings. The zero-order chi connectivity index (χ0) is 53.8. The summed E-state index contributed by atoms with van der Waals surface area (Å²) in [4.78, 5) is 46.2. The molecule has 11 rings (SSSR count). The number of aromatic nitrogens is 1. The van der Waals surface area contributed by atoms with E-state index >= 15 is 4.79 Å². The lowest BCUT2D eigenvalue weighted by Crippen LogP contribution is -2.81. The number of rotatable bonds is 8. The molecule has 8 heterocycles. The molecule has 4 bridgehead atoms. The fourth-order valence-electron chi connectivity index (χ4n) is 10.7. The summed E-state index contributed by atoms with van der Waals surface area (Å²) in [5.74, 6) is -8.44. The highest BCUT2D eigenvalue weighted by atomic mass is 16.8. The molecule has 0 saturated carbocycles. The number of aromatic hydroxyl groups is 3. The average Bonchev–Trinajstić information content (AvgIpc) is 3.77. The van der Waals surface area contributed by atoms with Crippen LogP contribution in [-0.2, 0) is 36.6 Å². The molecule has 24 nitrogen and oxygen atoms in total. The second kappa shape index (κ2) is 18.0. The van der Waals surface area contributed by atoms with E-state index in [-0.39, 0.29) is 40.0 Å². The molecule has 24 heteroatoms. The third-order valence-corrected chi connectivity index (χ3v) is 14.7. The van der Waals surface area contributed by atoms with Gasteiger partial charge in [-0.1, -0.05) is 29.9 Å². The van der Waals surface area contributed by atoms with Crippen molar-refractivity contribution in [1.29, 1.82) is 0 Å². The van der Waals surface area contributed by atoms with Crippen molar-refractivity contribution in [3.8, 4) is 58.0 Å². The number of H-pyrrole nitrogens is 1. The smallest absolute Gasteiger partial charge is 0.354 e. The minimum absolute atomic E-state index is 0.0261. The molecule has 7 aliphatic rings. The van der Waals surface area contributed by atoms with Crippen LogP contribution in [-0.4, -0.2) is 161 Å². The van der Waals surface area contributed by atoms with Crippen molar-refractivity contribution in [2.24, 2.45) is 5.73 Å². The number of aliphatic hydroxyl groups excluding tert-OH is 6. The Hall–Kier alpha value is -7.27. The molecular weight excluding hydrogens is 991 g/mol. The number of benzene rings is 2. The number of aliphatic hydroxyl groups is 9. The summed E-state index contributed by atoms with van der Waals surface area (Å²) in [6, 6.07) is 6.07. The number of carboxylic acid groups (broad SMARTS) is 1. The second-order valence-electron chi connectivity index (χ2n) is 19.1. The number of phenols is 3. The highest BCUT2D eigenvalue weighted by Gasteiger charge is 2.78. The largest absolute Gasteiger partial charge is 0.507 e. The molecule has 6 aliphatic heterocycles. The summed E-state index contributed by atoms with van der Waals surface area (Å²) in [5, 5.41) is 150. The van der Waals surface area contributed by atoms with Gasteiger partial charge in [-0.2, -0.15) is 0 Å². The van der Waals surface area contributed by atoms with Crippen LogP contribution in [0.1, 0.15) is 54.0 Å². The Morgan fingerprint density at radius 2 is 1.67 bits per heavy atom. The van der Waals surface area contributed by atoms with Gasteiger partial charge < -0.3 is 106 Å². The summed E-state index contributed by atoms with van der Waals surface area (Å²) in [7, 11) is 0. The summed E-state index contributed by atoms with van der Waals surface area (Å²) in [5.41, 5.74) is -4.83. The molecule has 11 atom stereocenters. The van der Waals surface area contributed by atoms with E-state index in [2.05, 4.69) is 28.1 Å². The second-order valence-corrected chi connectivity index (χ2v) is 19.1. The van der Waals surface area contributed by atoms with Gasteiger partial charge >= 0.3 is 11.9 Å². The maximum absolute atomic E-state index is 15.6. The van der Waals surface area contributed by atoms with Crippen molar-refractivity contribution in [2.75, 3.05) is 13.2 Å². The highest BCUT2D eigenvalue weighted by Crippen LogP contribution is 2.57.